The average molecular weight is 1000 g/mol. The number of carbonyl (C=O) groups is 3. The predicted molar refractivity (Wildman–Crippen MR) is 307 cm³/mol. The Morgan fingerprint density at radius 2 is 0.380 bits per heavy atom. The minimum absolute atomic E-state index is 0.0618. The highest BCUT2D eigenvalue weighted by atomic mass is 16.6. The molecule has 0 saturated carbocycles. The summed E-state index contributed by atoms with van der Waals surface area (Å²) in [6.07, 6.45) is 70.2. The van der Waals surface area contributed by atoms with Gasteiger partial charge < -0.3 is 14.2 Å². The maximum Gasteiger partial charge on any atom is 0.306 e. The molecule has 0 fully saturated rings. The van der Waals surface area contributed by atoms with Gasteiger partial charge >= 0.3 is 17.9 Å². The zero-order valence-corrected chi connectivity index (χ0v) is 48.5. The molecule has 0 heterocycles. The van der Waals surface area contributed by atoms with Gasteiger partial charge in [-0.3, -0.25) is 14.4 Å². The van der Waals surface area contributed by atoms with Crippen LogP contribution in [-0.2, 0) is 28.6 Å². The quantitative estimate of drug-likeness (QED) is 0.0343. The molecule has 6 nitrogen and oxygen atoms in total. The van der Waals surface area contributed by atoms with E-state index in [-0.39, 0.29) is 31.1 Å². The van der Waals surface area contributed by atoms with Crippen molar-refractivity contribution in [1.82, 2.24) is 0 Å². The van der Waals surface area contributed by atoms with Gasteiger partial charge in [-0.1, -0.05) is 342 Å². The van der Waals surface area contributed by atoms with E-state index >= 15 is 0 Å². The first-order valence-corrected chi connectivity index (χ1v) is 32.5. The van der Waals surface area contributed by atoms with Crippen LogP contribution in [0.5, 0.6) is 0 Å². The SMILES string of the molecule is CCCCCCCCCCCCCCCCCCCCCCCCCCCCCCCCCCCC(=O)OCC(COC(=O)CCCCCCCCCC)OC(=O)CCCCCCCCCCCCCC. The van der Waals surface area contributed by atoms with E-state index < -0.39 is 6.10 Å². The van der Waals surface area contributed by atoms with Crippen LogP contribution in [0, 0.1) is 0 Å². The summed E-state index contributed by atoms with van der Waals surface area (Å²) < 4.78 is 16.8. The van der Waals surface area contributed by atoms with Gasteiger partial charge in [0.2, 0.25) is 0 Å². The first-order chi connectivity index (χ1) is 35.0. The number of rotatable bonds is 61. The van der Waals surface area contributed by atoms with Gasteiger partial charge in [0.05, 0.1) is 0 Å². The van der Waals surface area contributed by atoms with Crippen LogP contribution in [-0.4, -0.2) is 37.2 Å². The molecule has 0 aromatic carbocycles. The Bertz CT molecular complexity index is 1060. The number of ether oxygens (including phenoxy) is 3. The standard InChI is InChI=1S/C65H126O6/c1-4-7-10-13-16-19-21-23-24-25-26-27-28-29-30-31-32-33-34-35-36-37-38-39-40-41-42-43-45-46-49-52-55-58-64(67)70-61-62(60-69-63(66)57-54-51-48-18-15-12-9-6-3)71-65(68)59-56-53-50-47-44-22-20-17-14-11-8-5-2/h62H,4-61H2,1-3H3. The molecule has 0 saturated heterocycles. The first kappa shape index (κ1) is 69.4. The lowest BCUT2D eigenvalue weighted by Crippen LogP contribution is -2.30. The average Bonchev–Trinajstić information content (AvgIpc) is 3.37. The van der Waals surface area contributed by atoms with Crippen molar-refractivity contribution in [2.45, 2.75) is 386 Å². The highest BCUT2D eigenvalue weighted by molar-refractivity contribution is 5.71. The van der Waals surface area contributed by atoms with E-state index in [1.165, 1.54) is 283 Å². The fraction of sp³-hybridized carbons (Fsp3) is 0.954. The summed E-state index contributed by atoms with van der Waals surface area (Å²) >= 11 is 0. The molecule has 0 bridgehead atoms. The largest absolute Gasteiger partial charge is 0.462 e. The normalized spacial score (nSPS) is 11.9. The monoisotopic (exact) mass is 1000 g/mol. The molecule has 0 aromatic rings. The van der Waals surface area contributed by atoms with Crippen LogP contribution in [0.15, 0.2) is 0 Å². The van der Waals surface area contributed by atoms with Crippen molar-refractivity contribution < 1.29 is 28.6 Å². The van der Waals surface area contributed by atoms with Gasteiger partial charge in [0.25, 0.3) is 0 Å². The van der Waals surface area contributed by atoms with Gasteiger partial charge in [0.1, 0.15) is 13.2 Å². The number of carbonyl (C=O) groups excluding carboxylic acids is 3. The Kier molecular flexibility index (Phi) is 59.6. The van der Waals surface area contributed by atoms with Crippen LogP contribution < -0.4 is 0 Å². The van der Waals surface area contributed by atoms with E-state index in [1.54, 1.807) is 0 Å². The lowest BCUT2D eigenvalue weighted by Gasteiger charge is -2.18. The number of esters is 3. The molecule has 0 N–H and O–H groups in total. The zero-order valence-electron chi connectivity index (χ0n) is 48.5. The number of hydrogen-bond donors (Lipinski definition) is 0. The van der Waals surface area contributed by atoms with Gasteiger partial charge in [-0.25, -0.2) is 0 Å². The summed E-state index contributed by atoms with van der Waals surface area (Å²) in [4.78, 5) is 38.0. The minimum Gasteiger partial charge on any atom is -0.462 e. The number of unbranched alkanes of at least 4 members (excludes halogenated alkanes) is 50. The Hall–Kier alpha value is -1.59. The van der Waals surface area contributed by atoms with E-state index in [0.717, 1.165) is 57.8 Å². The summed E-state index contributed by atoms with van der Waals surface area (Å²) in [6.45, 7) is 6.67. The molecule has 0 rings (SSSR count). The fourth-order valence-corrected chi connectivity index (χ4v) is 10.2. The molecule has 0 aliphatic heterocycles. The molecular weight excluding hydrogens is 877 g/mol. The zero-order chi connectivity index (χ0) is 51.4. The Morgan fingerprint density at radius 1 is 0.225 bits per heavy atom. The topological polar surface area (TPSA) is 78.9 Å². The van der Waals surface area contributed by atoms with Gasteiger partial charge in [0.15, 0.2) is 6.10 Å². The van der Waals surface area contributed by atoms with Crippen molar-refractivity contribution in [1.29, 1.82) is 0 Å². The summed E-state index contributed by atoms with van der Waals surface area (Å²) in [5.74, 6) is -0.840. The summed E-state index contributed by atoms with van der Waals surface area (Å²) in [6, 6.07) is 0. The molecule has 422 valence electrons. The van der Waals surface area contributed by atoms with Crippen LogP contribution in [0.25, 0.3) is 0 Å². The fourth-order valence-electron chi connectivity index (χ4n) is 10.2. The summed E-state index contributed by atoms with van der Waals surface area (Å²) in [7, 11) is 0. The molecule has 6 heteroatoms. The van der Waals surface area contributed by atoms with Gasteiger partial charge in [-0.15, -0.1) is 0 Å². The van der Waals surface area contributed by atoms with Crippen molar-refractivity contribution in [2.75, 3.05) is 13.2 Å². The van der Waals surface area contributed by atoms with Crippen LogP contribution >= 0.6 is 0 Å². The van der Waals surface area contributed by atoms with Gasteiger partial charge in [-0.05, 0) is 19.3 Å². The van der Waals surface area contributed by atoms with Crippen LogP contribution in [0.3, 0.4) is 0 Å². The molecule has 1 unspecified atom stereocenters. The first-order valence-electron chi connectivity index (χ1n) is 32.5. The second-order valence-corrected chi connectivity index (χ2v) is 22.4. The second-order valence-electron chi connectivity index (χ2n) is 22.4. The van der Waals surface area contributed by atoms with Crippen molar-refractivity contribution in [3.8, 4) is 0 Å². The van der Waals surface area contributed by atoms with Crippen molar-refractivity contribution in [3.05, 3.63) is 0 Å². The molecule has 1 atom stereocenters. The molecule has 0 aromatic heterocycles. The third-order valence-corrected chi connectivity index (χ3v) is 15.1. The van der Waals surface area contributed by atoms with E-state index in [4.69, 9.17) is 14.2 Å². The molecule has 0 spiro atoms. The third-order valence-electron chi connectivity index (χ3n) is 15.1. The van der Waals surface area contributed by atoms with E-state index in [1.807, 2.05) is 0 Å². The maximum absolute atomic E-state index is 12.8. The minimum atomic E-state index is -0.760. The molecule has 0 aliphatic carbocycles. The lowest BCUT2D eigenvalue weighted by molar-refractivity contribution is -0.167. The van der Waals surface area contributed by atoms with E-state index in [0.29, 0.717) is 19.3 Å². The van der Waals surface area contributed by atoms with E-state index in [9.17, 15) is 14.4 Å². The van der Waals surface area contributed by atoms with Gasteiger partial charge in [-0.2, -0.15) is 0 Å². The predicted octanol–water partition coefficient (Wildman–Crippen LogP) is 21.9. The summed E-state index contributed by atoms with van der Waals surface area (Å²) in [5, 5.41) is 0. The highest BCUT2D eigenvalue weighted by Gasteiger charge is 2.19. The molecule has 0 radical (unpaired) electrons. The molecule has 71 heavy (non-hydrogen) atoms. The Morgan fingerprint density at radius 3 is 0.563 bits per heavy atom. The van der Waals surface area contributed by atoms with Crippen molar-refractivity contribution in [2.24, 2.45) is 0 Å². The van der Waals surface area contributed by atoms with Crippen LogP contribution in [0.1, 0.15) is 380 Å². The summed E-state index contributed by atoms with van der Waals surface area (Å²) in [5.41, 5.74) is 0. The molecule has 0 aliphatic rings. The van der Waals surface area contributed by atoms with Crippen molar-refractivity contribution in [3.63, 3.8) is 0 Å². The Balaban J connectivity index is 3.88. The smallest absolute Gasteiger partial charge is 0.306 e. The third kappa shape index (κ3) is 59.2. The molecular formula is C65H126O6. The van der Waals surface area contributed by atoms with Gasteiger partial charge in [0, 0.05) is 19.3 Å². The number of hydrogen-bond acceptors (Lipinski definition) is 6. The second kappa shape index (κ2) is 61.0. The van der Waals surface area contributed by atoms with Crippen LogP contribution in [0.4, 0.5) is 0 Å². The maximum atomic E-state index is 12.8. The van der Waals surface area contributed by atoms with Crippen molar-refractivity contribution >= 4 is 17.9 Å². The Labute approximate surface area is 444 Å². The van der Waals surface area contributed by atoms with E-state index in [2.05, 4.69) is 20.8 Å². The molecule has 0 amide bonds. The van der Waals surface area contributed by atoms with Crippen LogP contribution in [0.2, 0.25) is 0 Å². The highest BCUT2D eigenvalue weighted by Crippen LogP contribution is 2.19. The lowest BCUT2D eigenvalue weighted by atomic mass is 10.0.